The SMILES string of the molecule is CNC(=O)c1ccc(S(=O)(=O)N2CC(O)C(O)C2)cc1. The molecule has 2 atom stereocenters. The molecule has 110 valence electrons. The molecule has 7 nitrogen and oxygen atoms in total. The third-order valence-electron chi connectivity index (χ3n) is 3.21. The molecule has 1 heterocycles. The average Bonchev–Trinajstić information content (AvgIpc) is 2.78. The first kappa shape index (κ1) is 14.9. The summed E-state index contributed by atoms with van der Waals surface area (Å²) in [5, 5.41) is 21.3. The Bertz CT molecular complexity index is 589. The molecule has 0 saturated carbocycles. The van der Waals surface area contributed by atoms with Gasteiger partial charge in [0, 0.05) is 25.7 Å². The van der Waals surface area contributed by atoms with Gasteiger partial charge in [0.05, 0.1) is 17.1 Å². The number of nitrogens with zero attached hydrogens (tertiary/aromatic N) is 1. The molecule has 2 rings (SSSR count). The number of aliphatic hydroxyl groups is 2. The molecule has 1 aliphatic heterocycles. The highest BCUT2D eigenvalue weighted by molar-refractivity contribution is 7.89. The van der Waals surface area contributed by atoms with Crippen LogP contribution in [0.1, 0.15) is 10.4 Å². The van der Waals surface area contributed by atoms with Gasteiger partial charge in [0.1, 0.15) is 0 Å². The number of benzene rings is 1. The molecule has 8 heteroatoms. The van der Waals surface area contributed by atoms with Gasteiger partial charge in [0.15, 0.2) is 0 Å². The molecule has 1 aliphatic rings. The molecule has 1 aromatic rings. The first-order valence-corrected chi connectivity index (χ1v) is 7.48. The van der Waals surface area contributed by atoms with Crippen molar-refractivity contribution in [2.75, 3.05) is 20.1 Å². The quantitative estimate of drug-likeness (QED) is 0.648. The average molecular weight is 300 g/mol. The maximum atomic E-state index is 12.3. The standard InChI is InChI=1S/C12H16N2O5S/c1-13-12(17)8-2-4-9(5-3-8)20(18,19)14-6-10(15)11(16)7-14/h2-5,10-11,15-16H,6-7H2,1H3,(H,13,17). The van der Waals surface area contributed by atoms with Crippen molar-refractivity contribution < 1.29 is 23.4 Å². The lowest BCUT2D eigenvalue weighted by Gasteiger charge is -2.15. The zero-order chi connectivity index (χ0) is 14.9. The van der Waals surface area contributed by atoms with Crippen molar-refractivity contribution in [3.05, 3.63) is 29.8 Å². The Morgan fingerprint density at radius 1 is 1.20 bits per heavy atom. The number of carbonyl (C=O) groups excluding carboxylic acids is 1. The van der Waals surface area contributed by atoms with Crippen LogP contribution < -0.4 is 5.32 Å². The summed E-state index contributed by atoms with van der Waals surface area (Å²) < 4.78 is 25.6. The molecular weight excluding hydrogens is 284 g/mol. The van der Waals surface area contributed by atoms with E-state index in [4.69, 9.17) is 0 Å². The molecule has 2 unspecified atom stereocenters. The van der Waals surface area contributed by atoms with Crippen LogP contribution in [0.25, 0.3) is 0 Å². The van der Waals surface area contributed by atoms with Crippen LogP contribution in [0, 0.1) is 0 Å². The van der Waals surface area contributed by atoms with E-state index in [2.05, 4.69) is 5.32 Å². The highest BCUT2D eigenvalue weighted by Crippen LogP contribution is 2.21. The van der Waals surface area contributed by atoms with Crippen molar-refractivity contribution in [2.24, 2.45) is 0 Å². The summed E-state index contributed by atoms with van der Waals surface area (Å²) in [6, 6.07) is 5.48. The van der Waals surface area contributed by atoms with E-state index in [0.717, 1.165) is 4.31 Å². The smallest absolute Gasteiger partial charge is 0.251 e. The fourth-order valence-electron chi connectivity index (χ4n) is 2.00. The molecule has 20 heavy (non-hydrogen) atoms. The summed E-state index contributed by atoms with van der Waals surface area (Å²) in [6.07, 6.45) is -2.15. The van der Waals surface area contributed by atoms with Gasteiger partial charge in [-0.1, -0.05) is 0 Å². The van der Waals surface area contributed by atoms with Crippen LogP contribution in [0.15, 0.2) is 29.2 Å². The third-order valence-corrected chi connectivity index (χ3v) is 5.05. The van der Waals surface area contributed by atoms with Crippen molar-refractivity contribution in [1.29, 1.82) is 0 Å². The van der Waals surface area contributed by atoms with Crippen LogP contribution >= 0.6 is 0 Å². The number of carbonyl (C=O) groups is 1. The van der Waals surface area contributed by atoms with Gasteiger partial charge >= 0.3 is 0 Å². The first-order valence-electron chi connectivity index (χ1n) is 6.04. The largest absolute Gasteiger partial charge is 0.389 e. The molecule has 0 bridgehead atoms. The van der Waals surface area contributed by atoms with Gasteiger partial charge in [-0.05, 0) is 24.3 Å². The fourth-order valence-corrected chi connectivity index (χ4v) is 3.48. The van der Waals surface area contributed by atoms with Crippen molar-refractivity contribution in [2.45, 2.75) is 17.1 Å². The minimum absolute atomic E-state index is 0.0199. The highest BCUT2D eigenvalue weighted by atomic mass is 32.2. The summed E-state index contributed by atoms with van der Waals surface area (Å²) in [7, 11) is -2.29. The Balaban J connectivity index is 2.24. The molecule has 1 aromatic carbocycles. The molecule has 0 radical (unpaired) electrons. The molecule has 1 fully saturated rings. The Labute approximate surface area is 116 Å². The summed E-state index contributed by atoms with van der Waals surface area (Å²) in [4.78, 5) is 11.4. The van der Waals surface area contributed by atoms with Crippen LogP contribution in [0.4, 0.5) is 0 Å². The third kappa shape index (κ3) is 2.68. The van der Waals surface area contributed by atoms with Gasteiger partial charge < -0.3 is 15.5 Å². The van der Waals surface area contributed by atoms with Crippen molar-refractivity contribution in [1.82, 2.24) is 9.62 Å². The molecular formula is C12H16N2O5S. The highest BCUT2D eigenvalue weighted by Gasteiger charge is 2.37. The molecule has 3 N–H and O–H groups in total. The van der Waals surface area contributed by atoms with E-state index in [1.807, 2.05) is 0 Å². The number of nitrogens with one attached hydrogen (secondary N) is 1. The van der Waals surface area contributed by atoms with Crippen LogP contribution in [0.2, 0.25) is 0 Å². The minimum Gasteiger partial charge on any atom is -0.389 e. The zero-order valence-electron chi connectivity index (χ0n) is 10.9. The van der Waals surface area contributed by atoms with E-state index in [1.54, 1.807) is 0 Å². The summed E-state index contributed by atoms with van der Waals surface area (Å²) in [6.45, 7) is -0.276. The lowest BCUT2D eigenvalue weighted by Crippen LogP contribution is -2.30. The van der Waals surface area contributed by atoms with Crippen molar-refractivity contribution in [3.8, 4) is 0 Å². The maximum Gasteiger partial charge on any atom is 0.251 e. The Hall–Kier alpha value is -1.48. The Morgan fingerprint density at radius 2 is 1.70 bits per heavy atom. The van der Waals surface area contributed by atoms with E-state index >= 15 is 0 Å². The Kier molecular flexibility index (Phi) is 4.09. The minimum atomic E-state index is -3.77. The van der Waals surface area contributed by atoms with Gasteiger partial charge in [0.25, 0.3) is 5.91 Å². The second-order valence-electron chi connectivity index (χ2n) is 4.56. The monoisotopic (exact) mass is 300 g/mol. The van der Waals surface area contributed by atoms with Crippen molar-refractivity contribution in [3.63, 3.8) is 0 Å². The van der Waals surface area contributed by atoms with Gasteiger partial charge in [-0.25, -0.2) is 8.42 Å². The number of sulfonamides is 1. The van der Waals surface area contributed by atoms with Gasteiger partial charge in [-0.15, -0.1) is 0 Å². The van der Waals surface area contributed by atoms with E-state index < -0.39 is 22.2 Å². The van der Waals surface area contributed by atoms with E-state index in [9.17, 15) is 23.4 Å². The van der Waals surface area contributed by atoms with E-state index in [1.165, 1.54) is 31.3 Å². The zero-order valence-corrected chi connectivity index (χ0v) is 11.7. The first-order chi connectivity index (χ1) is 9.36. The fraction of sp³-hybridized carbons (Fsp3) is 0.417. The van der Waals surface area contributed by atoms with Crippen LogP contribution in [0.3, 0.4) is 0 Å². The number of rotatable bonds is 3. The van der Waals surface area contributed by atoms with Crippen LogP contribution in [0.5, 0.6) is 0 Å². The number of hydrogen-bond acceptors (Lipinski definition) is 5. The Morgan fingerprint density at radius 3 is 2.15 bits per heavy atom. The number of hydrogen-bond donors (Lipinski definition) is 3. The van der Waals surface area contributed by atoms with Crippen LogP contribution in [-0.4, -0.2) is 61.2 Å². The maximum absolute atomic E-state index is 12.3. The topological polar surface area (TPSA) is 107 Å². The summed E-state index contributed by atoms with van der Waals surface area (Å²) >= 11 is 0. The number of β-amino-alcohol motifs (C(OH)–C–C–N with tert-alkyl or cyclic N) is 2. The van der Waals surface area contributed by atoms with Gasteiger partial charge in [-0.3, -0.25) is 4.79 Å². The molecule has 0 aromatic heterocycles. The molecule has 1 amide bonds. The predicted octanol–water partition coefficient (Wildman–Crippen LogP) is -1.23. The second kappa shape index (κ2) is 5.49. The summed E-state index contributed by atoms with van der Waals surface area (Å²) in [5.41, 5.74) is 0.355. The molecule has 1 saturated heterocycles. The van der Waals surface area contributed by atoms with Gasteiger partial charge in [-0.2, -0.15) is 4.31 Å². The van der Waals surface area contributed by atoms with E-state index in [-0.39, 0.29) is 23.9 Å². The molecule has 0 spiro atoms. The molecule has 0 aliphatic carbocycles. The normalized spacial score (nSPS) is 23.8. The lowest BCUT2D eigenvalue weighted by molar-refractivity contribution is 0.0572. The van der Waals surface area contributed by atoms with Crippen LogP contribution in [-0.2, 0) is 10.0 Å². The van der Waals surface area contributed by atoms with Gasteiger partial charge in [0.2, 0.25) is 10.0 Å². The number of aliphatic hydroxyl groups excluding tert-OH is 2. The lowest BCUT2D eigenvalue weighted by atomic mass is 10.2. The number of amides is 1. The summed E-state index contributed by atoms with van der Waals surface area (Å²) in [5.74, 6) is -0.305. The van der Waals surface area contributed by atoms with Crippen molar-refractivity contribution >= 4 is 15.9 Å². The second-order valence-corrected chi connectivity index (χ2v) is 6.50. The van der Waals surface area contributed by atoms with E-state index in [0.29, 0.717) is 5.56 Å². The predicted molar refractivity (Wildman–Crippen MR) is 70.6 cm³/mol.